The van der Waals surface area contributed by atoms with Gasteiger partial charge in [-0.1, -0.05) is 53.6 Å². The topological polar surface area (TPSA) is 38.9 Å². The van der Waals surface area contributed by atoms with E-state index in [2.05, 4.69) is 55.5 Å². The molecule has 0 spiro atoms. The van der Waals surface area contributed by atoms with Crippen LogP contribution in [0.15, 0.2) is 66.7 Å². The summed E-state index contributed by atoms with van der Waals surface area (Å²) in [4.78, 5) is 4.98. The number of hydrogen-bond acceptors (Lipinski definition) is 3. The Balaban J connectivity index is 1.82. The molecule has 5 aromatic rings. The second-order valence-electron chi connectivity index (χ2n) is 7.04. The third-order valence-corrected chi connectivity index (χ3v) is 5.37. The number of nitrogens with zero attached hydrogens (tertiary/aromatic N) is 3. The maximum atomic E-state index is 5.67. The Morgan fingerprint density at radius 1 is 0.821 bits per heavy atom. The Hall–Kier alpha value is -3.53. The molecule has 4 heteroatoms. The van der Waals surface area contributed by atoms with Gasteiger partial charge in [0.25, 0.3) is 0 Å². The molecule has 0 saturated carbocycles. The largest absolute Gasteiger partial charge is 0.496 e. The first-order valence-electron chi connectivity index (χ1n) is 9.29. The number of hydrogen-bond donors (Lipinski definition) is 0. The van der Waals surface area contributed by atoms with Crippen LogP contribution in [0.25, 0.3) is 44.0 Å². The molecule has 28 heavy (non-hydrogen) atoms. The van der Waals surface area contributed by atoms with Crippen LogP contribution in [0.5, 0.6) is 5.75 Å². The van der Waals surface area contributed by atoms with Gasteiger partial charge in [0, 0.05) is 5.39 Å². The van der Waals surface area contributed by atoms with Gasteiger partial charge >= 0.3 is 5.82 Å². The minimum Gasteiger partial charge on any atom is -0.496 e. The van der Waals surface area contributed by atoms with Crippen LogP contribution in [0, 0.1) is 6.92 Å². The van der Waals surface area contributed by atoms with E-state index in [1.165, 1.54) is 10.9 Å². The summed E-state index contributed by atoms with van der Waals surface area (Å²) in [6.07, 6.45) is 0. The molecule has 5 rings (SSSR count). The van der Waals surface area contributed by atoms with Gasteiger partial charge in [-0.25, -0.2) is 0 Å². The number of aromatic nitrogens is 3. The van der Waals surface area contributed by atoms with Crippen molar-refractivity contribution in [3.05, 3.63) is 72.3 Å². The third kappa shape index (κ3) is 2.49. The first kappa shape index (κ1) is 16.6. The summed E-state index contributed by atoms with van der Waals surface area (Å²) in [6.45, 7) is 2.13. The lowest BCUT2D eigenvalue weighted by molar-refractivity contribution is -0.720. The molecule has 0 fully saturated rings. The van der Waals surface area contributed by atoms with E-state index in [-0.39, 0.29) is 0 Å². The predicted molar refractivity (Wildman–Crippen MR) is 112 cm³/mol. The lowest BCUT2D eigenvalue weighted by Crippen LogP contribution is -2.37. The van der Waals surface area contributed by atoms with Crippen LogP contribution in [-0.4, -0.2) is 17.2 Å². The van der Waals surface area contributed by atoms with Crippen LogP contribution in [0.2, 0.25) is 0 Å². The predicted octanol–water partition coefficient (Wildman–Crippen LogP) is 4.74. The molecule has 1 heterocycles. The lowest BCUT2D eigenvalue weighted by Gasteiger charge is -2.11. The highest BCUT2D eigenvalue weighted by molar-refractivity contribution is 5.97. The molecule has 0 bridgehead atoms. The van der Waals surface area contributed by atoms with Crippen molar-refractivity contribution in [2.75, 3.05) is 7.11 Å². The van der Waals surface area contributed by atoms with Gasteiger partial charge in [0.2, 0.25) is 5.52 Å². The average Bonchev–Trinajstić information content (AvgIpc) is 2.73. The molecule has 0 radical (unpaired) electrons. The van der Waals surface area contributed by atoms with Gasteiger partial charge in [-0.2, -0.15) is 0 Å². The molecule has 0 N–H and O–H groups in total. The number of methoxy groups -OCH3 is 1. The van der Waals surface area contributed by atoms with E-state index in [0.717, 1.165) is 44.3 Å². The molecule has 0 atom stereocenters. The molecular formula is C24H20N3O+. The molecule has 136 valence electrons. The molecule has 0 unspecified atom stereocenters. The van der Waals surface area contributed by atoms with Crippen molar-refractivity contribution in [2.45, 2.75) is 6.92 Å². The molecule has 0 aliphatic rings. The normalized spacial score (nSPS) is 11.4. The Kier molecular flexibility index (Phi) is 3.72. The number of rotatable bonds is 2. The average molecular weight is 366 g/mol. The van der Waals surface area contributed by atoms with Crippen molar-refractivity contribution in [3.63, 3.8) is 0 Å². The molecule has 4 aromatic carbocycles. The van der Waals surface area contributed by atoms with Crippen LogP contribution >= 0.6 is 0 Å². The van der Waals surface area contributed by atoms with E-state index in [9.17, 15) is 0 Å². The minimum atomic E-state index is 0.823. The summed E-state index contributed by atoms with van der Waals surface area (Å²) in [5.74, 6) is 1.67. The first-order chi connectivity index (χ1) is 13.7. The van der Waals surface area contributed by atoms with Gasteiger partial charge < -0.3 is 4.74 Å². The zero-order valence-electron chi connectivity index (χ0n) is 16.1. The smallest absolute Gasteiger partial charge is 0.351 e. The van der Waals surface area contributed by atoms with Crippen LogP contribution < -0.4 is 9.42 Å². The Morgan fingerprint density at radius 2 is 1.46 bits per heavy atom. The summed E-state index contributed by atoms with van der Waals surface area (Å²) in [5, 5.41) is 9.39. The summed E-state index contributed by atoms with van der Waals surface area (Å²) in [6, 6.07) is 22.8. The fraction of sp³-hybridized carbons (Fsp3) is 0.125. The summed E-state index contributed by atoms with van der Waals surface area (Å²) < 4.78 is 7.53. The van der Waals surface area contributed by atoms with Crippen LogP contribution in [-0.2, 0) is 7.05 Å². The van der Waals surface area contributed by atoms with Crippen molar-refractivity contribution in [1.29, 1.82) is 0 Å². The SMILES string of the molecule is COc1cc(-c2nc3cc4ccccc4cc3n[n+]2C)c(C)c2ccccc12. The molecule has 1 aromatic heterocycles. The zero-order chi connectivity index (χ0) is 19.3. The molecule has 0 aliphatic heterocycles. The highest BCUT2D eigenvalue weighted by Crippen LogP contribution is 2.35. The van der Waals surface area contributed by atoms with Crippen LogP contribution in [0.4, 0.5) is 0 Å². The fourth-order valence-electron chi connectivity index (χ4n) is 3.90. The molecule has 0 aliphatic carbocycles. The van der Waals surface area contributed by atoms with E-state index in [1.54, 1.807) is 7.11 Å². The number of aryl methyl sites for hydroxylation is 2. The Bertz CT molecular complexity index is 1380. The standard InChI is InChI=1S/C24H20N3O/c1-15-18-10-6-7-11-19(18)23(28-3)14-20(15)24-25-21-12-16-8-4-5-9-17(16)13-22(21)26-27(24)2/h4-14H,1-3H3/q+1. The van der Waals surface area contributed by atoms with Gasteiger partial charge in [-0.05, 0) is 51.8 Å². The monoisotopic (exact) mass is 366 g/mol. The van der Waals surface area contributed by atoms with Crippen LogP contribution in [0.3, 0.4) is 0 Å². The first-order valence-corrected chi connectivity index (χ1v) is 9.29. The number of benzene rings is 4. The maximum absolute atomic E-state index is 5.67. The van der Waals surface area contributed by atoms with Crippen molar-refractivity contribution < 1.29 is 9.42 Å². The van der Waals surface area contributed by atoms with Crippen molar-refractivity contribution >= 4 is 32.6 Å². The van der Waals surface area contributed by atoms with Gasteiger partial charge in [0.1, 0.15) is 12.8 Å². The maximum Gasteiger partial charge on any atom is 0.351 e. The third-order valence-electron chi connectivity index (χ3n) is 5.37. The van der Waals surface area contributed by atoms with Crippen molar-refractivity contribution in [1.82, 2.24) is 10.1 Å². The van der Waals surface area contributed by atoms with E-state index >= 15 is 0 Å². The highest BCUT2D eigenvalue weighted by atomic mass is 16.5. The number of ether oxygens (including phenoxy) is 1. The molecule has 4 nitrogen and oxygen atoms in total. The van der Waals surface area contributed by atoms with Crippen LogP contribution in [0.1, 0.15) is 5.56 Å². The summed E-state index contributed by atoms with van der Waals surface area (Å²) in [5.41, 5.74) is 3.97. The molecular weight excluding hydrogens is 346 g/mol. The second-order valence-corrected chi connectivity index (χ2v) is 7.04. The highest BCUT2D eigenvalue weighted by Gasteiger charge is 2.22. The van der Waals surface area contributed by atoms with E-state index < -0.39 is 0 Å². The zero-order valence-corrected chi connectivity index (χ0v) is 16.1. The van der Waals surface area contributed by atoms with E-state index in [0.29, 0.717) is 0 Å². The van der Waals surface area contributed by atoms with E-state index in [4.69, 9.17) is 14.8 Å². The summed E-state index contributed by atoms with van der Waals surface area (Å²) >= 11 is 0. The quantitative estimate of drug-likeness (QED) is 0.334. The molecule has 0 amide bonds. The van der Waals surface area contributed by atoms with Crippen molar-refractivity contribution in [3.8, 4) is 17.1 Å². The van der Waals surface area contributed by atoms with Crippen molar-refractivity contribution in [2.24, 2.45) is 7.05 Å². The van der Waals surface area contributed by atoms with Gasteiger partial charge in [-0.3, -0.25) is 0 Å². The number of fused-ring (bicyclic) bond motifs is 3. The van der Waals surface area contributed by atoms with Gasteiger partial charge in [0.05, 0.1) is 12.7 Å². The fourth-order valence-corrected chi connectivity index (χ4v) is 3.90. The Labute approximate surface area is 163 Å². The lowest BCUT2D eigenvalue weighted by atomic mass is 9.98. The van der Waals surface area contributed by atoms with Gasteiger partial charge in [-0.15, -0.1) is 4.68 Å². The summed E-state index contributed by atoms with van der Waals surface area (Å²) in [7, 11) is 3.65. The second kappa shape index (κ2) is 6.27. The Morgan fingerprint density at radius 3 is 2.18 bits per heavy atom. The van der Waals surface area contributed by atoms with E-state index in [1.807, 2.05) is 29.9 Å². The van der Waals surface area contributed by atoms with Gasteiger partial charge in [0.15, 0.2) is 5.52 Å². The minimum absolute atomic E-state index is 0.823. The molecule has 0 saturated heterocycles.